The minimum absolute atomic E-state index is 0.00162. The molecule has 6 heteroatoms. The number of unbranched alkanes of at least 4 members (excludes halogenated alkanes) is 1. The van der Waals surface area contributed by atoms with E-state index in [1.54, 1.807) is 13.0 Å². The predicted octanol–water partition coefficient (Wildman–Crippen LogP) is 3.61. The molecule has 1 aliphatic carbocycles. The molecule has 2 rings (SSSR count). The second kappa shape index (κ2) is 7.21. The fraction of sp³-hybridized carbons (Fsp3) is 0.333. The van der Waals surface area contributed by atoms with Crippen LogP contribution in [0.15, 0.2) is 41.2 Å². The highest BCUT2D eigenvalue weighted by atomic mass is 16.6. The van der Waals surface area contributed by atoms with Crippen LogP contribution in [0.4, 0.5) is 5.69 Å². The summed E-state index contributed by atoms with van der Waals surface area (Å²) in [7, 11) is 1.34. The van der Waals surface area contributed by atoms with Crippen molar-refractivity contribution < 1.29 is 19.2 Å². The van der Waals surface area contributed by atoms with Gasteiger partial charge in [0.25, 0.3) is 5.69 Å². The number of carbonyl (C=O) groups excluding carboxylic acids is 2. The number of ether oxygens (including phenoxy) is 1. The van der Waals surface area contributed by atoms with E-state index in [-0.39, 0.29) is 28.4 Å². The summed E-state index contributed by atoms with van der Waals surface area (Å²) in [4.78, 5) is 36.0. The van der Waals surface area contributed by atoms with E-state index in [4.69, 9.17) is 4.74 Å². The summed E-state index contributed by atoms with van der Waals surface area (Å²) in [5.41, 5.74) is 1.14. The predicted molar refractivity (Wildman–Crippen MR) is 89.3 cm³/mol. The smallest absolute Gasteiger partial charge is 0.270 e. The van der Waals surface area contributed by atoms with E-state index in [1.165, 1.54) is 25.3 Å². The Labute approximate surface area is 140 Å². The zero-order chi connectivity index (χ0) is 17.9. The number of rotatable bonds is 6. The number of allylic oxidation sites excluding steroid dienone is 3. The third-order valence-electron chi connectivity index (χ3n) is 4.02. The van der Waals surface area contributed by atoms with Gasteiger partial charge in [-0.2, -0.15) is 0 Å². The van der Waals surface area contributed by atoms with Crippen molar-refractivity contribution >= 4 is 22.8 Å². The molecule has 0 atom stereocenters. The van der Waals surface area contributed by atoms with E-state index < -0.39 is 10.7 Å². The second-order valence-electron chi connectivity index (χ2n) is 5.58. The molecule has 0 fully saturated rings. The number of non-ortho nitro benzene ring substituents is 1. The van der Waals surface area contributed by atoms with Crippen molar-refractivity contribution in [2.75, 3.05) is 7.11 Å². The highest BCUT2D eigenvalue weighted by Gasteiger charge is 2.34. The first-order valence-corrected chi connectivity index (χ1v) is 7.74. The summed E-state index contributed by atoms with van der Waals surface area (Å²) < 4.78 is 5.11. The summed E-state index contributed by atoms with van der Waals surface area (Å²) >= 11 is 0. The number of nitro groups is 1. The Kier molecular flexibility index (Phi) is 5.28. The Morgan fingerprint density at radius 1 is 1.21 bits per heavy atom. The first-order chi connectivity index (χ1) is 11.4. The lowest BCUT2D eigenvalue weighted by molar-refractivity contribution is -0.384. The van der Waals surface area contributed by atoms with Crippen LogP contribution < -0.4 is 0 Å². The number of nitro benzene ring substituents is 1. The van der Waals surface area contributed by atoms with E-state index >= 15 is 0 Å². The number of Topliss-reactive ketones (excluding diaryl/α,β-unsaturated/α-hetero) is 2. The summed E-state index contributed by atoms with van der Waals surface area (Å²) in [6, 6.07) is 5.78. The van der Waals surface area contributed by atoms with Crippen molar-refractivity contribution in [1.82, 2.24) is 0 Å². The van der Waals surface area contributed by atoms with Crippen LogP contribution in [0.25, 0.3) is 5.57 Å². The summed E-state index contributed by atoms with van der Waals surface area (Å²) in [5, 5.41) is 11.0. The normalized spacial score (nSPS) is 15.1. The third kappa shape index (κ3) is 3.13. The Bertz CT molecular complexity index is 773. The van der Waals surface area contributed by atoms with Gasteiger partial charge in [0, 0.05) is 28.9 Å². The molecule has 0 saturated carbocycles. The van der Waals surface area contributed by atoms with Gasteiger partial charge in [-0.05, 0) is 25.3 Å². The van der Waals surface area contributed by atoms with Gasteiger partial charge >= 0.3 is 0 Å². The Morgan fingerprint density at radius 2 is 1.92 bits per heavy atom. The summed E-state index contributed by atoms with van der Waals surface area (Å²) in [6.07, 6.45) is 2.07. The molecule has 0 saturated heterocycles. The van der Waals surface area contributed by atoms with Crippen molar-refractivity contribution in [3.8, 4) is 0 Å². The quantitative estimate of drug-likeness (QED) is 0.452. The Balaban J connectivity index is 2.65. The lowest BCUT2D eigenvalue weighted by Gasteiger charge is -2.21. The van der Waals surface area contributed by atoms with E-state index in [0.29, 0.717) is 17.6 Å². The molecule has 0 heterocycles. The average molecular weight is 329 g/mol. The zero-order valence-corrected chi connectivity index (χ0v) is 13.9. The molecule has 0 spiro atoms. The number of hydrogen-bond acceptors (Lipinski definition) is 5. The number of nitrogens with zero attached hydrogens (tertiary/aromatic N) is 1. The molecule has 0 amide bonds. The summed E-state index contributed by atoms with van der Waals surface area (Å²) in [6.45, 7) is 3.56. The minimum Gasteiger partial charge on any atom is -0.492 e. The zero-order valence-electron chi connectivity index (χ0n) is 13.9. The number of methoxy groups -OCH3 is 1. The standard InChI is InChI=1S/C18H19NO5/c1-4-5-9-14-15(12-7-6-8-13(10-12)19(22)23)17(21)18(24-3)11(2)16(14)20/h6-8,10H,4-5,9H2,1-3H3. The largest absolute Gasteiger partial charge is 0.492 e. The van der Waals surface area contributed by atoms with E-state index in [2.05, 4.69) is 0 Å². The Morgan fingerprint density at radius 3 is 2.50 bits per heavy atom. The van der Waals surface area contributed by atoms with Gasteiger partial charge in [0.15, 0.2) is 11.5 Å². The van der Waals surface area contributed by atoms with Gasteiger partial charge in [-0.25, -0.2) is 0 Å². The molecular formula is C18H19NO5. The third-order valence-corrected chi connectivity index (χ3v) is 4.02. The fourth-order valence-electron chi connectivity index (χ4n) is 2.78. The van der Waals surface area contributed by atoms with E-state index in [9.17, 15) is 19.7 Å². The highest BCUT2D eigenvalue weighted by Crippen LogP contribution is 2.35. The monoisotopic (exact) mass is 329 g/mol. The number of hydrogen-bond donors (Lipinski definition) is 0. The molecule has 1 aliphatic rings. The van der Waals surface area contributed by atoms with Gasteiger partial charge in [-0.3, -0.25) is 19.7 Å². The summed E-state index contributed by atoms with van der Waals surface area (Å²) in [5.74, 6) is -0.635. The van der Waals surface area contributed by atoms with Gasteiger partial charge in [0.05, 0.1) is 12.0 Å². The first kappa shape index (κ1) is 17.6. The molecular weight excluding hydrogens is 310 g/mol. The van der Waals surface area contributed by atoms with Gasteiger partial charge < -0.3 is 4.74 Å². The maximum atomic E-state index is 12.8. The van der Waals surface area contributed by atoms with Crippen LogP contribution in [-0.2, 0) is 14.3 Å². The van der Waals surface area contributed by atoms with Crippen LogP contribution in [0.3, 0.4) is 0 Å². The van der Waals surface area contributed by atoms with Crippen molar-refractivity contribution in [2.45, 2.75) is 33.1 Å². The second-order valence-corrected chi connectivity index (χ2v) is 5.58. The molecule has 0 radical (unpaired) electrons. The van der Waals surface area contributed by atoms with Crippen molar-refractivity contribution in [3.63, 3.8) is 0 Å². The number of ketones is 2. The lowest BCUT2D eigenvalue weighted by Crippen LogP contribution is -2.23. The number of carbonyl (C=O) groups is 2. The van der Waals surface area contributed by atoms with Gasteiger partial charge in [0.1, 0.15) is 0 Å². The molecule has 0 N–H and O–H groups in total. The molecule has 6 nitrogen and oxygen atoms in total. The SMILES string of the molecule is CCCCC1=C(c2cccc([N+](=O)[O-])c2)C(=O)C(OC)=C(C)C1=O. The van der Waals surface area contributed by atoms with Gasteiger partial charge in [-0.15, -0.1) is 0 Å². The van der Waals surface area contributed by atoms with Crippen LogP contribution in [0.1, 0.15) is 38.7 Å². The Hall–Kier alpha value is -2.76. The average Bonchev–Trinajstić information content (AvgIpc) is 2.57. The van der Waals surface area contributed by atoms with Crippen molar-refractivity contribution in [1.29, 1.82) is 0 Å². The molecule has 0 unspecified atom stereocenters. The maximum Gasteiger partial charge on any atom is 0.270 e. The molecule has 1 aromatic carbocycles. The molecule has 24 heavy (non-hydrogen) atoms. The minimum atomic E-state index is -0.525. The molecule has 1 aromatic rings. The fourth-order valence-corrected chi connectivity index (χ4v) is 2.78. The highest BCUT2D eigenvalue weighted by molar-refractivity contribution is 6.38. The van der Waals surface area contributed by atoms with Crippen LogP contribution in [0.5, 0.6) is 0 Å². The van der Waals surface area contributed by atoms with Crippen molar-refractivity contribution in [2.24, 2.45) is 0 Å². The van der Waals surface area contributed by atoms with Crippen LogP contribution in [-0.4, -0.2) is 23.6 Å². The van der Waals surface area contributed by atoms with Crippen LogP contribution in [0.2, 0.25) is 0 Å². The topological polar surface area (TPSA) is 86.5 Å². The molecule has 0 bridgehead atoms. The maximum absolute atomic E-state index is 12.8. The lowest BCUT2D eigenvalue weighted by atomic mass is 9.83. The van der Waals surface area contributed by atoms with Crippen LogP contribution >= 0.6 is 0 Å². The van der Waals surface area contributed by atoms with Gasteiger partial charge in [-0.1, -0.05) is 25.5 Å². The first-order valence-electron chi connectivity index (χ1n) is 7.74. The van der Waals surface area contributed by atoms with Crippen LogP contribution in [0, 0.1) is 10.1 Å². The number of benzene rings is 1. The molecule has 0 aliphatic heterocycles. The molecule has 0 aromatic heterocycles. The van der Waals surface area contributed by atoms with Gasteiger partial charge in [0.2, 0.25) is 5.78 Å². The van der Waals surface area contributed by atoms with Crippen molar-refractivity contribution in [3.05, 3.63) is 56.8 Å². The van der Waals surface area contributed by atoms with E-state index in [0.717, 1.165) is 12.8 Å². The van der Waals surface area contributed by atoms with E-state index in [1.807, 2.05) is 6.92 Å². The molecule has 126 valence electrons.